The van der Waals surface area contributed by atoms with Crippen LogP contribution in [0.3, 0.4) is 0 Å². The van der Waals surface area contributed by atoms with Crippen LogP contribution in [0, 0.1) is 0 Å². The third-order valence-electron chi connectivity index (χ3n) is 3.54. The lowest BCUT2D eigenvalue weighted by atomic mass is 9.90. The van der Waals surface area contributed by atoms with Crippen molar-refractivity contribution in [3.8, 4) is 0 Å². The Hall–Kier alpha value is -1.35. The van der Waals surface area contributed by atoms with Gasteiger partial charge in [0.25, 0.3) is 5.91 Å². The Morgan fingerprint density at radius 3 is 2.65 bits per heavy atom. The summed E-state index contributed by atoms with van der Waals surface area (Å²) in [6, 6.07) is 7.51. The van der Waals surface area contributed by atoms with Gasteiger partial charge in [0.05, 0.1) is 5.60 Å². The van der Waals surface area contributed by atoms with E-state index in [9.17, 15) is 9.90 Å². The molecule has 0 saturated heterocycles. The highest BCUT2D eigenvalue weighted by atomic mass is 16.3. The first kappa shape index (κ1) is 12.1. The molecule has 0 heterocycles. The molecule has 0 aromatic heterocycles. The van der Waals surface area contributed by atoms with Crippen molar-refractivity contribution in [2.75, 3.05) is 7.05 Å². The smallest absolute Gasteiger partial charge is 0.251 e. The van der Waals surface area contributed by atoms with Crippen LogP contribution in [0.2, 0.25) is 0 Å². The summed E-state index contributed by atoms with van der Waals surface area (Å²) < 4.78 is 0. The molecule has 1 aromatic carbocycles. The third kappa shape index (κ3) is 2.67. The van der Waals surface area contributed by atoms with Gasteiger partial charge in [0.1, 0.15) is 0 Å². The number of aliphatic hydroxyl groups is 1. The highest BCUT2D eigenvalue weighted by molar-refractivity contribution is 5.95. The van der Waals surface area contributed by atoms with Crippen molar-refractivity contribution in [2.45, 2.75) is 37.7 Å². The molecular formula is C14H19NO2. The number of benzene rings is 1. The van der Waals surface area contributed by atoms with Crippen molar-refractivity contribution in [2.24, 2.45) is 0 Å². The second kappa shape index (κ2) is 4.88. The Balaban J connectivity index is 2.23. The molecular weight excluding hydrogens is 214 g/mol. The van der Waals surface area contributed by atoms with E-state index in [-0.39, 0.29) is 5.91 Å². The van der Waals surface area contributed by atoms with Crippen LogP contribution >= 0.6 is 0 Å². The highest BCUT2D eigenvalue weighted by Gasteiger charge is 2.32. The van der Waals surface area contributed by atoms with Gasteiger partial charge in [-0.2, -0.15) is 0 Å². The van der Waals surface area contributed by atoms with Crippen molar-refractivity contribution < 1.29 is 9.90 Å². The lowest BCUT2D eigenvalue weighted by molar-refractivity contribution is 0.0479. The van der Waals surface area contributed by atoms with Gasteiger partial charge in [0.15, 0.2) is 0 Å². The average molecular weight is 233 g/mol. The van der Waals surface area contributed by atoms with Crippen LogP contribution in [0.5, 0.6) is 0 Å². The van der Waals surface area contributed by atoms with E-state index in [1.807, 2.05) is 24.3 Å². The maximum atomic E-state index is 11.7. The third-order valence-corrected chi connectivity index (χ3v) is 3.54. The summed E-state index contributed by atoms with van der Waals surface area (Å²) in [6.07, 6.45) is 4.43. The lowest BCUT2D eigenvalue weighted by Gasteiger charge is -2.23. The predicted octanol–water partition coefficient (Wildman–Crippen LogP) is 1.89. The number of nitrogens with one attached hydrogen (secondary N) is 1. The quantitative estimate of drug-likeness (QED) is 0.837. The molecule has 2 N–H and O–H groups in total. The molecule has 3 nitrogen and oxygen atoms in total. The second-order valence-corrected chi connectivity index (χ2v) is 4.84. The molecule has 1 aliphatic carbocycles. The minimum atomic E-state index is -0.607. The van der Waals surface area contributed by atoms with Crippen molar-refractivity contribution in [3.63, 3.8) is 0 Å². The SMILES string of the molecule is CNC(=O)c1ccccc1CC1(O)CCCC1. The van der Waals surface area contributed by atoms with E-state index in [2.05, 4.69) is 5.32 Å². The Bertz CT molecular complexity index is 408. The van der Waals surface area contributed by atoms with Crippen molar-refractivity contribution in [1.82, 2.24) is 5.32 Å². The van der Waals surface area contributed by atoms with Gasteiger partial charge >= 0.3 is 0 Å². The molecule has 1 aliphatic rings. The maximum absolute atomic E-state index is 11.7. The monoisotopic (exact) mass is 233 g/mol. The van der Waals surface area contributed by atoms with Gasteiger partial charge in [-0.05, 0) is 24.5 Å². The average Bonchev–Trinajstić information content (AvgIpc) is 2.75. The van der Waals surface area contributed by atoms with Crippen LogP contribution in [0.4, 0.5) is 0 Å². The standard InChI is InChI=1S/C14H19NO2/c1-15-13(16)12-7-3-2-6-11(12)10-14(17)8-4-5-9-14/h2-3,6-7,17H,4-5,8-10H2,1H3,(H,15,16). The topological polar surface area (TPSA) is 49.3 Å². The first-order chi connectivity index (χ1) is 8.14. The molecule has 0 bridgehead atoms. The zero-order valence-electron chi connectivity index (χ0n) is 10.2. The number of hydrogen-bond acceptors (Lipinski definition) is 2. The molecule has 0 spiro atoms. The summed E-state index contributed by atoms with van der Waals surface area (Å²) in [5.41, 5.74) is 1.01. The van der Waals surface area contributed by atoms with Crippen LogP contribution in [0.25, 0.3) is 0 Å². The van der Waals surface area contributed by atoms with Crippen molar-refractivity contribution in [1.29, 1.82) is 0 Å². The summed E-state index contributed by atoms with van der Waals surface area (Å²) in [5.74, 6) is -0.0813. The van der Waals surface area contributed by atoms with Crippen molar-refractivity contribution >= 4 is 5.91 Å². The highest BCUT2D eigenvalue weighted by Crippen LogP contribution is 2.33. The van der Waals surface area contributed by atoms with Gasteiger partial charge in [-0.1, -0.05) is 31.0 Å². The fraction of sp³-hybridized carbons (Fsp3) is 0.500. The number of amides is 1. The van der Waals surface area contributed by atoms with Crippen LogP contribution in [0.1, 0.15) is 41.6 Å². The zero-order chi connectivity index (χ0) is 12.3. The largest absolute Gasteiger partial charge is 0.390 e. The Kier molecular flexibility index (Phi) is 3.48. The minimum absolute atomic E-state index is 0.0813. The van der Waals surface area contributed by atoms with Crippen LogP contribution in [0.15, 0.2) is 24.3 Å². The molecule has 2 rings (SSSR count). The van der Waals surface area contributed by atoms with Gasteiger partial charge in [-0.15, -0.1) is 0 Å². The Labute approximate surface area is 102 Å². The molecule has 1 fully saturated rings. The zero-order valence-corrected chi connectivity index (χ0v) is 10.2. The molecule has 0 unspecified atom stereocenters. The predicted molar refractivity (Wildman–Crippen MR) is 67.0 cm³/mol. The van der Waals surface area contributed by atoms with Gasteiger partial charge in [0, 0.05) is 19.0 Å². The van der Waals surface area contributed by atoms with E-state index in [4.69, 9.17) is 0 Å². The Morgan fingerprint density at radius 2 is 2.00 bits per heavy atom. The molecule has 0 aliphatic heterocycles. The summed E-state index contributed by atoms with van der Waals surface area (Å²) in [5, 5.41) is 13.0. The summed E-state index contributed by atoms with van der Waals surface area (Å²) in [7, 11) is 1.63. The maximum Gasteiger partial charge on any atom is 0.251 e. The van der Waals surface area contributed by atoms with E-state index in [0.717, 1.165) is 31.2 Å². The molecule has 1 aromatic rings. The van der Waals surface area contributed by atoms with Crippen molar-refractivity contribution in [3.05, 3.63) is 35.4 Å². The second-order valence-electron chi connectivity index (χ2n) is 4.84. The minimum Gasteiger partial charge on any atom is -0.390 e. The van der Waals surface area contributed by atoms with Gasteiger partial charge in [0.2, 0.25) is 0 Å². The summed E-state index contributed by atoms with van der Waals surface area (Å²) in [6.45, 7) is 0. The van der Waals surface area contributed by atoms with Crippen LogP contribution in [-0.4, -0.2) is 23.7 Å². The van der Waals surface area contributed by atoms with Gasteiger partial charge < -0.3 is 10.4 Å². The van der Waals surface area contributed by atoms with E-state index >= 15 is 0 Å². The van der Waals surface area contributed by atoms with E-state index < -0.39 is 5.60 Å². The fourth-order valence-corrected chi connectivity index (χ4v) is 2.60. The molecule has 0 radical (unpaired) electrons. The number of hydrogen-bond donors (Lipinski definition) is 2. The lowest BCUT2D eigenvalue weighted by Crippen LogP contribution is -2.29. The fourth-order valence-electron chi connectivity index (χ4n) is 2.60. The van der Waals surface area contributed by atoms with Crippen LogP contribution < -0.4 is 5.32 Å². The number of rotatable bonds is 3. The van der Waals surface area contributed by atoms with E-state index in [0.29, 0.717) is 12.0 Å². The number of carbonyl (C=O) groups is 1. The molecule has 17 heavy (non-hydrogen) atoms. The van der Waals surface area contributed by atoms with E-state index in [1.54, 1.807) is 7.05 Å². The normalized spacial score (nSPS) is 18.0. The molecule has 1 amide bonds. The number of carbonyl (C=O) groups excluding carboxylic acids is 1. The Morgan fingerprint density at radius 1 is 1.35 bits per heavy atom. The van der Waals surface area contributed by atoms with Gasteiger partial charge in [-0.3, -0.25) is 4.79 Å². The first-order valence-corrected chi connectivity index (χ1v) is 6.17. The van der Waals surface area contributed by atoms with E-state index in [1.165, 1.54) is 0 Å². The summed E-state index contributed by atoms with van der Waals surface area (Å²) in [4.78, 5) is 11.7. The molecule has 1 saturated carbocycles. The molecule has 0 atom stereocenters. The first-order valence-electron chi connectivity index (χ1n) is 6.17. The van der Waals surface area contributed by atoms with Crippen LogP contribution in [-0.2, 0) is 6.42 Å². The molecule has 92 valence electrons. The molecule has 3 heteroatoms. The van der Waals surface area contributed by atoms with Gasteiger partial charge in [-0.25, -0.2) is 0 Å². The summed E-state index contributed by atoms with van der Waals surface area (Å²) >= 11 is 0.